The summed E-state index contributed by atoms with van der Waals surface area (Å²) in [5.41, 5.74) is 8.31. The Morgan fingerprint density at radius 1 is 1.26 bits per heavy atom. The third-order valence-corrected chi connectivity index (χ3v) is 3.11. The van der Waals surface area contributed by atoms with E-state index in [1.54, 1.807) is 11.9 Å². The van der Waals surface area contributed by atoms with Crippen molar-refractivity contribution in [2.45, 2.75) is 46.6 Å². The molecule has 0 saturated carbocycles. The van der Waals surface area contributed by atoms with Crippen molar-refractivity contribution < 1.29 is 4.79 Å². The molecular weight excluding hydrogens is 236 g/mol. The molecule has 0 fully saturated rings. The molecule has 0 spiro atoms. The first-order chi connectivity index (χ1) is 8.69. The van der Waals surface area contributed by atoms with Gasteiger partial charge in [-0.25, -0.2) is 0 Å². The van der Waals surface area contributed by atoms with E-state index >= 15 is 0 Å². The van der Waals surface area contributed by atoms with Gasteiger partial charge in [0.25, 0.3) is 0 Å². The third-order valence-electron chi connectivity index (χ3n) is 3.11. The Balaban J connectivity index is 2.60. The highest BCUT2D eigenvalue weighted by atomic mass is 16.2. The molecule has 106 valence electrons. The summed E-state index contributed by atoms with van der Waals surface area (Å²) in [5.74, 6) is 0.0700. The number of benzene rings is 1. The molecule has 3 heteroatoms. The van der Waals surface area contributed by atoms with Gasteiger partial charge in [0.05, 0.1) is 0 Å². The minimum absolute atomic E-state index is 0.0700. The number of carbonyl (C=O) groups excluding carboxylic acids is 1. The molecule has 1 aromatic carbocycles. The number of rotatable bonds is 4. The van der Waals surface area contributed by atoms with Gasteiger partial charge in [0.15, 0.2) is 0 Å². The van der Waals surface area contributed by atoms with E-state index in [-0.39, 0.29) is 17.4 Å². The molecule has 0 radical (unpaired) electrons. The molecule has 0 aliphatic carbocycles. The zero-order valence-electron chi connectivity index (χ0n) is 12.7. The molecule has 1 aromatic rings. The molecule has 0 aliphatic heterocycles. The summed E-state index contributed by atoms with van der Waals surface area (Å²) < 4.78 is 0. The lowest BCUT2D eigenvalue weighted by Gasteiger charge is -2.25. The average molecular weight is 262 g/mol. The third kappa shape index (κ3) is 5.43. The molecule has 2 N–H and O–H groups in total. The Bertz CT molecular complexity index is 417. The molecule has 0 bridgehead atoms. The Kier molecular flexibility index (Phi) is 5.12. The van der Waals surface area contributed by atoms with Crippen LogP contribution in [0.15, 0.2) is 24.3 Å². The maximum Gasteiger partial charge on any atom is 0.228 e. The molecule has 19 heavy (non-hydrogen) atoms. The summed E-state index contributed by atoms with van der Waals surface area (Å²) in [5, 5.41) is 0. The first-order valence-corrected chi connectivity index (χ1v) is 6.78. The number of nitrogens with zero attached hydrogens (tertiary/aromatic N) is 1. The van der Waals surface area contributed by atoms with Crippen molar-refractivity contribution in [2.75, 3.05) is 11.9 Å². The van der Waals surface area contributed by atoms with Gasteiger partial charge in [-0.1, -0.05) is 38.5 Å². The highest BCUT2D eigenvalue weighted by molar-refractivity contribution is 5.93. The van der Waals surface area contributed by atoms with Gasteiger partial charge >= 0.3 is 0 Å². The molecule has 0 heterocycles. The Morgan fingerprint density at radius 3 is 2.26 bits per heavy atom. The van der Waals surface area contributed by atoms with Crippen LogP contribution in [0, 0.1) is 12.3 Å². The summed E-state index contributed by atoms with van der Waals surface area (Å²) in [6.07, 6.45) is 1.24. The quantitative estimate of drug-likeness (QED) is 0.906. The second kappa shape index (κ2) is 6.20. The Hall–Kier alpha value is -1.35. The Labute approximate surface area is 116 Å². The number of amides is 1. The Morgan fingerprint density at radius 2 is 1.79 bits per heavy atom. The molecule has 0 aliphatic rings. The maximum atomic E-state index is 12.2. The number of hydrogen-bond donors (Lipinski definition) is 1. The summed E-state index contributed by atoms with van der Waals surface area (Å²) in [7, 11) is 1.80. The molecule has 0 saturated heterocycles. The molecule has 1 rings (SSSR count). The number of hydrogen-bond acceptors (Lipinski definition) is 2. The van der Waals surface area contributed by atoms with Gasteiger partial charge < -0.3 is 10.6 Å². The van der Waals surface area contributed by atoms with Crippen LogP contribution in [0.3, 0.4) is 0 Å². The van der Waals surface area contributed by atoms with Crippen molar-refractivity contribution in [3.63, 3.8) is 0 Å². The normalized spacial score (nSPS) is 13.2. The van der Waals surface area contributed by atoms with E-state index in [9.17, 15) is 4.79 Å². The van der Waals surface area contributed by atoms with Gasteiger partial charge in [0.2, 0.25) is 5.91 Å². The number of aryl methyl sites for hydroxylation is 1. The lowest BCUT2D eigenvalue weighted by molar-refractivity contribution is -0.118. The van der Waals surface area contributed by atoms with E-state index in [1.165, 1.54) is 5.56 Å². The van der Waals surface area contributed by atoms with Crippen LogP contribution in [0.25, 0.3) is 0 Å². The summed E-state index contributed by atoms with van der Waals surface area (Å²) in [6.45, 7) is 8.45. The predicted molar refractivity (Wildman–Crippen MR) is 81.3 cm³/mol. The highest BCUT2D eigenvalue weighted by Gasteiger charge is 2.20. The van der Waals surface area contributed by atoms with Crippen LogP contribution in [0.1, 0.15) is 39.2 Å². The molecular formula is C16H26N2O. The van der Waals surface area contributed by atoms with E-state index in [0.29, 0.717) is 6.42 Å². The predicted octanol–water partition coefficient (Wildman–Crippen LogP) is 3.11. The number of anilines is 1. The van der Waals surface area contributed by atoms with Gasteiger partial charge in [-0.15, -0.1) is 0 Å². The van der Waals surface area contributed by atoms with Crippen LogP contribution in [-0.4, -0.2) is 19.0 Å². The van der Waals surface area contributed by atoms with Crippen LogP contribution in [0.2, 0.25) is 0 Å². The molecule has 0 aromatic heterocycles. The van der Waals surface area contributed by atoms with E-state index in [1.807, 2.05) is 31.2 Å². The molecule has 1 amide bonds. The summed E-state index contributed by atoms with van der Waals surface area (Å²) >= 11 is 0. The summed E-state index contributed by atoms with van der Waals surface area (Å²) in [6, 6.07) is 7.85. The van der Waals surface area contributed by atoms with Gasteiger partial charge in [0, 0.05) is 25.2 Å². The van der Waals surface area contributed by atoms with Crippen LogP contribution < -0.4 is 10.6 Å². The maximum absolute atomic E-state index is 12.2. The molecule has 3 nitrogen and oxygen atoms in total. The van der Waals surface area contributed by atoms with Crippen molar-refractivity contribution in [1.29, 1.82) is 0 Å². The zero-order chi connectivity index (χ0) is 14.6. The fourth-order valence-electron chi connectivity index (χ4n) is 2.13. The number of nitrogens with two attached hydrogens (primary N) is 1. The average Bonchev–Trinajstić information content (AvgIpc) is 2.26. The largest absolute Gasteiger partial charge is 0.327 e. The fourth-order valence-corrected chi connectivity index (χ4v) is 2.13. The van der Waals surface area contributed by atoms with Crippen LogP contribution in [0.4, 0.5) is 5.69 Å². The van der Waals surface area contributed by atoms with Gasteiger partial charge in [0.1, 0.15) is 0 Å². The lowest BCUT2D eigenvalue weighted by atomic mass is 9.87. The minimum Gasteiger partial charge on any atom is -0.327 e. The topological polar surface area (TPSA) is 46.3 Å². The lowest BCUT2D eigenvalue weighted by Crippen LogP contribution is -2.35. The van der Waals surface area contributed by atoms with E-state index < -0.39 is 0 Å². The first kappa shape index (κ1) is 15.7. The second-order valence-electron chi connectivity index (χ2n) is 6.52. The summed E-state index contributed by atoms with van der Waals surface area (Å²) in [4.78, 5) is 13.9. The van der Waals surface area contributed by atoms with Gasteiger partial charge in [-0.2, -0.15) is 0 Å². The second-order valence-corrected chi connectivity index (χ2v) is 6.52. The standard InChI is InChI=1S/C16H26N2O/c1-12-6-8-14(9-7-12)18(5)15(19)10-13(17)11-16(2,3)4/h6-9,13H,10-11,17H2,1-5H3. The zero-order valence-corrected chi connectivity index (χ0v) is 12.7. The van der Waals surface area contributed by atoms with Crippen molar-refractivity contribution in [3.05, 3.63) is 29.8 Å². The highest BCUT2D eigenvalue weighted by Crippen LogP contribution is 2.22. The fraction of sp³-hybridized carbons (Fsp3) is 0.562. The van der Waals surface area contributed by atoms with Gasteiger partial charge in [-0.05, 0) is 30.9 Å². The molecule has 1 unspecified atom stereocenters. The first-order valence-electron chi connectivity index (χ1n) is 6.78. The van der Waals surface area contributed by atoms with Gasteiger partial charge in [-0.3, -0.25) is 4.79 Å². The van der Waals surface area contributed by atoms with Crippen LogP contribution in [-0.2, 0) is 4.79 Å². The van der Waals surface area contributed by atoms with Crippen LogP contribution >= 0.6 is 0 Å². The van der Waals surface area contributed by atoms with Crippen molar-refractivity contribution in [2.24, 2.45) is 11.1 Å². The van der Waals surface area contributed by atoms with E-state index in [2.05, 4.69) is 20.8 Å². The van der Waals surface area contributed by atoms with Crippen LogP contribution in [0.5, 0.6) is 0 Å². The van der Waals surface area contributed by atoms with Crippen molar-refractivity contribution in [3.8, 4) is 0 Å². The van der Waals surface area contributed by atoms with Crippen molar-refractivity contribution >= 4 is 11.6 Å². The van der Waals surface area contributed by atoms with Crippen molar-refractivity contribution in [1.82, 2.24) is 0 Å². The van der Waals surface area contributed by atoms with E-state index in [4.69, 9.17) is 5.73 Å². The minimum atomic E-state index is -0.0830. The molecule has 1 atom stereocenters. The smallest absolute Gasteiger partial charge is 0.228 e. The number of carbonyl (C=O) groups is 1. The van der Waals surface area contributed by atoms with E-state index in [0.717, 1.165) is 12.1 Å². The SMILES string of the molecule is Cc1ccc(N(C)C(=O)CC(N)CC(C)(C)C)cc1. The monoisotopic (exact) mass is 262 g/mol.